The van der Waals surface area contributed by atoms with Crippen LogP contribution in [0.3, 0.4) is 0 Å². The second-order valence-electron chi connectivity index (χ2n) is 6.65. The SMILES string of the molecule is Cc1cc(C)c(C[n+]2ccccc2C)cc1C[n+]1ccccc1C. The molecule has 0 amide bonds. The predicted molar refractivity (Wildman–Crippen MR) is 96.9 cm³/mol. The molecular weight excluding hydrogens is 292 g/mol. The van der Waals surface area contributed by atoms with Gasteiger partial charge in [-0.25, -0.2) is 0 Å². The Hall–Kier alpha value is -2.48. The number of aryl methyl sites for hydroxylation is 4. The summed E-state index contributed by atoms with van der Waals surface area (Å²) in [7, 11) is 0. The zero-order chi connectivity index (χ0) is 17.1. The van der Waals surface area contributed by atoms with E-state index in [0.717, 1.165) is 13.1 Å². The number of hydrogen-bond donors (Lipinski definition) is 0. The van der Waals surface area contributed by atoms with Crippen molar-refractivity contribution in [1.82, 2.24) is 0 Å². The number of rotatable bonds is 4. The number of hydrogen-bond acceptors (Lipinski definition) is 0. The highest BCUT2D eigenvalue weighted by Gasteiger charge is 2.14. The van der Waals surface area contributed by atoms with Crippen LogP contribution in [0.4, 0.5) is 0 Å². The molecule has 2 heterocycles. The Bertz CT molecular complexity index is 797. The first-order chi connectivity index (χ1) is 11.5. The quantitative estimate of drug-likeness (QED) is 0.650. The van der Waals surface area contributed by atoms with E-state index in [1.807, 2.05) is 0 Å². The van der Waals surface area contributed by atoms with Crippen molar-refractivity contribution >= 4 is 0 Å². The standard InChI is InChI=1S/C22H26N2/c1-17-13-18(2)22(16-24-12-8-6-10-20(24)4)14-21(17)15-23-11-7-5-9-19(23)3/h5-14H,15-16H2,1-4H3/q+2. The third-order valence-corrected chi connectivity index (χ3v) is 4.81. The summed E-state index contributed by atoms with van der Waals surface area (Å²) >= 11 is 0. The highest BCUT2D eigenvalue weighted by molar-refractivity contribution is 5.36. The maximum absolute atomic E-state index is 2.38. The van der Waals surface area contributed by atoms with E-state index in [-0.39, 0.29) is 0 Å². The Morgan fingerprint density at radius 2 is 1.08 bits per heavy atom. The smallest absolute Gasteiger partial charge is 0.178 e. The van der Waals surface area contributed by atoms with Crippen LogP contribution in [0.25, 0.3) is 0 Å². The first kappa shape index (κ1) is 16.4. The molecule has 0 N–H and O–H groups in total. The van der Waals surface area contributed by atoms with Gasteiger partial charge in [-0.05, 0) is 31.0 Å². The summed E-state index contributed by atoms with van der Waals surface area (Å²) in [5.74, 6) is 0. The Morgan fingerprint density at radius 1 is 0.625 bits per heavy atom. The maximum atomic E-state index is 2.38. The van der Waals surface area contributed by atoms with Crippen LogP contribution in [0.1, 0.15) is 33.6 Å². The lowest BCUT2D eigenvalue weighted by Gasteiger charge is -2.10. The molecule has 0 spiro atoms. The Labute approximate surface area is 145 Å². The van der Waals surface area contributed by atoms with Gasteiger partial charge in [0.05, 0.1) is 0 Å². The molecule has 0 aliphatic carbocycles. The largest absolute Gasteiger partial charge is 0.198 e. The third kappa shape index (κ3) is 3.53. The molecule has 0 bridgehead atoms. The van der Waals surface area contributed by atoms with Crippen LogP contribution in [0, 0.1) is 27.7 Å². The molecular formula is C22H26N2+2. The number of aromatic nitrogens is 2. The summed E-state index contributed by atoms with van der Waals surface area (Å²) in [5.41, 5.74) is 8.08. The van der Waals surface area contributed by atoms with Gasteiger partial charge >= 0.3 is 0 Å². The molecule has 0 radical (unpaired) electrons. The van der Waals surface area contributed by atoms with Crippen LogP contribution in [0.2, 0.25) is 0 Å². The second kappa shape index (κ2) is 6.96. The molecule has 0 aliphatic rings. The molecule has 0 fully saturated rings. The zero-order valence-electron chi connectivity index (χ0n) is 15.1. The van der Waals surface area contributed by atoms with Crippen molar-refractivity contribution in [2.75, 3.05) is 0 Å². The third-order valence-electron chi connectivity index (χ3n) is 4.81. The van der Waals surface area contributed by atoms with Crippen molar-refractivity contribution in [3.8, 4) is 0 Å². The summed E-state index contributed by atoms with van der Waals surface area (Å²) < 4.78 is 4.62. The van der Waals surface area contributed by atoms with E-state index < -0.39 is 0 Å². The van der Waals surface area contributed by atoms with Gasteiger partial charge in [-0.2, -0.15) is 9.13 Å². The Kier molecular flexibility index (Phi) is 4.75. The molecule has 2 aromatic heterocycles. The molecule has 2 heteroatoms. The fraction of sp³-hybridized carbons (Fsp3) is 0.273. The fourth-order valence-corrected chi connectivity index (χ4v) is 3.13. The minimum atomic E-state index is 0.921. The lowest BCUT2D eigenvalue weighted by molar-refractivity contribution is -0.695. The van der Waals surface area contributed by atoms with E-state index in [4.69, 9.17) is 0 Å². The summed E-state index contributed by atoms with van der Waals surface area (Å²) in [6.45, 7) is 10.6. The lowest BCUT2D eigenvalue weighted by Crippen LogP contribution is -2.38. The van der Waals surface area contributed by atoms with Crippen molar-refractivity contribution in [3.63, 3.8) is 0 Å². The molecule has 3 aromatic rings. The minimum Gasteiger partial charge on any atom is -0.198 e. The first-order valence-corrected chi connectivity index (χ1v) is 8.54. The van der Waals surface area contributed by atoms with Gasteiger partial charge in [-0.1, -0.05) is 18.2 Å². The summed E-state index contributed by atoms with van der Waals surface area (Å²) in [6.07, 6.45) is 4.31. The van der Waals surface area contributed by atoms with Gasteiger partial charge in [0.15, 0.2) is 36.9 Å². The van der Waals surface area contributed by atoms with E-state index in [1.165, 1.54) is 33.6 Å². The van der Waals surface area contributed by atoms with E-state index in [9.17, 15) is 0 Å². The van der Waals surface area contributed by atoms with Crippen molar-refractivity contribution in [3.05, 3.63) is 94.6 Å². The van der Waals surface area contributed by atoms with Crippen LogP contribution in [0.15, 0.2) is 60.9 Å². The van der Waals surface area contributed by atoms with Crippen LogP contribution in [-0.2, 0) is 13.1 Å². The lowest BCUT2D eigenvalue weighted by atomic mass is 9.99. The van der Waals surface area contributed by atoms with E-state index in [2.05, 4.69) is 97.8 Å². The molecule has 24 heavy (non-hydrogen) atoms. The molecule has 2 nitrogen and oxygen atoms in total. The van der Waals surface area contributed by atoms with Crippen molar-refractivity contribution in [2.24, 2.45) is 0 Å². The minimum absolute atomic E-state index is 0.921. The van der Waals surface area contributed by atoms with Crippen LogP contribution >= 0.6 is 0 Å². The van der Waals surface area contributed by atoms with Gasteiger partial charge in [0, 0.05) is 49.2 Å². The molecule has 0 saturated heterocycles. The van der Waals surface area contributed by atoms with Crippen LogP contribution in [0.5, 0.6) is 0 Å². The van der Waals surface area contributed by atoms with Crippen LogP contribution in [-0.4, -0.2) is 0 Å². The van der Waals surface area contributed by atoms with Crippen molar-refractivity contribution < 1.29 is 9.13 Å². The molecule has 0 unspecified atom stereocenters. The van der Waals surface area contributed by atoms with Gasteiger partial charge in [-0.15, -0.1) is 0 Å². The highest BCUT2D eigenvalue weighted by Crippen LogP contribution is 2.16. The number of nitrogens with zero attached hydrogens (tertiary/aromatic N) is 2. The maximum Gasteiger partial charge on any atom is 0.178 e. The monoisotopic (exact) mass is 318 g/mol. The summed E-state index contributed by atoms with van der Waals surface area (Å²) in [5, 5.41) is 0. The van der Waals surface area contributed by atoms with Gasteiger partial charge in [0.25, 0.3) is 0 Å². The molecule has 122 valence electrons. The summed E-state index contributed by atoms with van der Waals surface area (Å²) in [4.78, 5) is 0. The molecule has 0 aliphatic heterocycles. The topological polar surface area (TPSA) is 7.76 Å². The second-order valence-corrected chi connectivity index (χ2v) is 6.65. The molecule has 0 saturated carbocycles. The zero-order valence-corrected chi connectivity index (χ0v) is 15.1. The molecule has 0 atom stereocenters. The van der Waals surface area contributed by atoms with Gasteiger partial charge in [-0.3, -0.25) is 0 Å². The molecule has 3 rings (SSSR count). The van der Waals surface area contributed by atoms with E-state index in [0.29, 0.717) is 0 Å². The average Bonchev–Trinajstić information content (AvgIpc) is 2.56. The fourth-order valence-electron chi connectivity index (χ4n) is 3.13. The van der Waals surface area contributed by atoms with Gasteiger partial charge in [0.1, 0.15) is 0 Å². The summed E-state index contributed by atoms with van der Waals surface area (Å²) in [6, 6.07) is 17.4. The average molecular weight is 318 g/mol. The van der Waals surface area contributed by atoms with Crippen LogP contribution < -0.4 is 9.13 Å². The van der Waals surface area contributed by atoms with Crippen molar-refractivity contribution in [1.29, 1.82) is 0 Å². The highest BCUT2D eigenvalue weighted by atomic mass is 15.0. The normalized spacial score (nSPS) is 10.8. The van der Waals surface area contributed by atoms with Gasteiger partial charge in [0.2, 0.25) is 0 Å². The first-order valence-electron chi connectivity index (χ1n) is 8.54. The Morgan fingerprint density at radius 3 is 1.50 bits per heavy atom. The van der Waals surface area contributed by atoms with Gasteiger partial charge < -0.3 is 0 Å². The van der Waals surface area contributed by atoms with E-state index >= 15 is 0 Å². The molecule has 1 aromatic carbocycles. The Balaban J connectivity index is 1.94. The van der Waals surface area contributed by atoms with E-state index in [1.54, 1.807) is 0 Å². The van der Waals surface area contributed by atoms with Crippen molar-refractivity contribution in [2.45, 2.75) is 40.8 Å². The predicted octanol–water partition coefficient (Wildman–Crippen LogP) is 3.59. The number of pyridine rings is 2. The number of benzene rings is 1.